The third-order valence-electron chi connectivity index (χ3n) is 3.90. The van der Waals surface area contributed by atoms with Crippen LogP contribution in [0.1, 0.15) is 30.9 Å². The lowest BCUT2D eigenvalue weighted by atomic mass is 10.0. The summed E-state index contributed by atoms with van der Waals surface area (Å²) in [5.74, 6) is 0.510. The van der Waals surface area contributed by atoms with Crippen molar-refractivity contribution < 1.29 is 9.53 Å². The molecule has 0 aromatic heterocycles. The van der Waals surface area contributed by atoms with Gasteiger partial charge in [0.05, 0.1) is 19.1 Å². The molecule has 4 nitrogen and oxygen atoms in total. The average molecular weight is 276 g/mol. The summed E-state index contributed by atoms with van der Waals surface area (Å²) >= 11 is 0. The average Bonchev–Trinajstić information content (AvgIpc) is 2.93. The number of rotatable bonds is 5. The van der Waals surface area contributed by atoms with E-state index in [0.717, 1.165) is 5.56 Å². The molecule has 20 heavy (non-hydrogen) atoms. The van der Waals surface area contributed by atoms with E-state index in [0.29, 0.717) is 25.7 Å². The first-order valence-corrected chi connectivity index (χ1v) is 7.23. The van der Waals surface area contributed by atoms with Gasteiger partial charge in [0.1, 0.15) is 0 Å². The highest BCUT2D eigenvalue weighted by molar-refractivity contribution is 5.79. The van der Waals surface area contributed by atoms with Crippen molar-refractivity contribution in [2.24, 2.45) is 5.92 Å². The van der Waals surface area contributed by atoms with Crippen molar-refractivity contribution in [2.45, 2.75) is 32.4 Å². The predicted molar refractivity (Wildman–Crippen MR) is 79.5 cm³/mol. The zero-order valence-corrected chi connectivity index (χ0v) is 12.5. The quantitative estimate of drug-likeness (QED) is 0.860. The molecule has 0 spiro atoms. The second-order valence-electron chi connectivity index (χ2n) is 5.65. The maximum Gasteiger partial charge on any atom is 0.227 e. The molecule has 0 aliphatic carbocycles. The van der Waals surface area contributed by atoms with Gasteiger partial charge in [0.2, 0.25) is 5.91 Å². The number of benzene rings is 1. The molecule has 2 atom stereocenters. The zero-order valence-electron chi connectivity index (χ0n) is 12.5. The van der Waals surface area contributed by atoms with Gasteiger partial charge < -0.3 is 15.4 Å². The first-order valence-electron chi connectivity index (χ1n) is 7.23. The van der Waals surface area contributed by atoms with Crippen LogP contribution in [-0.4, -0.2) is 32.2 Å². The Bertz CT molecular complexity index is 442. The summed E-state index contributed by atoms with van der Waals surface area (Å²) in [6.07, 6.45) is 0. The van der Waals surface area contributed by atoms with Crippen molar-refractivity contribution in [2.75, 3.05) is 20.3 Å². The summed E-state index contributed by atoms with van der Waals surface area (Å²) in [5, 5.41) is 6.12. The topological polar surface area (TPSA) is 50.4 Å². The van der Waals surface area contributed by atoms with Gasteiger partial charge in [-0.1, -0.05) is 38.1 Å². The van der Waals surface area contributed by atoms with Gasteiger partial charge in [-0.3, -0.25) is 4.79 Å². The van der Waals surface area contributed by atoms with Crippen molar-refractivity contribution in [3.63, 3.8) is 0 Å². The number of hydrogen-bond donors (Lipinski definition) is 2. The summed E-state index contributed by atoms with van der Waals surface area (Å²) in [6.45, 7) is 6.04. The Kier molecular flexibility index (Phi) is 5.15. The Morgan fingerprint density at radius 1 is 1.30 bits per heavy atom. The van der Waals surface area contributed by atoms with Gasteiger partial charge in [0.15, 0.2) is 0 Å². The van der Waals surface area contributed by atoms with E-state index in [2.05, 4.69) is 48.7 Å². The molecule has 0 saturated carbocycles. The van der Waals surface area contributed by atoms with E-state index in [1.54, 1.807) is 0 Å². The summed E-state index contributed by atoms with van der Waals surface area (Å²) < 4.78 is 5.35. The molecule has 1 aromatic rings. The lowest BCUT2D eigenvalue weighted by molar-refractivity contribution is -0.125. The first-order chi connectivity index (χ1) is 9.61. The Balaban J connectivity index is 1.87. The standard InChI is InChI=1S/C16H24N2O2/c1-11(2)13-6-4-12(5-7-13)8-18-16(19)14-9-20-10-15(14)17-3/h4-7,11,14-15,17H,8-10H2,1-3H3,(H,18,19). The lowest BCUT2D eigenvalue weighted by Gasteiger charge is -2.16. The molecular weight excluding hydrogens is 252 g/mol. The number of carbonyl (C=O) groups excluding carboxylic acids is 1. The summed E-state index contributed by atoms with van der Waals surface area (Å²) in [6, 6.07) is 8.54. The molecule has 2 N–H and O–H groups in total. The highest BCUT2D eigenvalue weighted by Crippen LogP contribution is 2.16. The summed E-state index contributed by atoms with van der Waals surface area (Å²) in [5.41, 5.74) is 2.45. The Labute approximate surface area is 120 Å². The molecule has 2 unspecified atom stereocenters. The minimum absolute atomic E-state index is 0.0646. The molecule has 1 fully saturated rings. The zero-order chi connectivity index (χ0) is 14.5. The minimum atomic E-state index is -0.0880. The molecule has 1 aliphatic heterocycles. The van der Waals surface area contributed by atoms with Crippen LogP contribution < -0.4 is 10.6 Å². The van der Waals surface area contributed by atoms with E-state index in [-0.39, 0.29) is 17.9 Å². The molecule has 4 heteroatoms. The van der Waals surface area contributed by atoms with Gasteiger partial charge in [-0.25, -0.2) is 0 Å². The maximum atomic E-state index is 12.1. The second kappa shape index (κ2) is 6.86. The third kappa shape index (κ3) is 3.58. The van der Waals surface area contributed by atoms with Gasteiger partial charge in [0, 0.05) is 12.6 Å². The van der Waals surface area contributed by atoms with Crippen LogP contribution in [0.2, 0.25) is 0 Å². The number of hydrogen-bond acceptors (Lipinski definition) is 3. The Morgan fingerprint density at radius 3 is 2.60 bits per heavy atom. The van der Waals surface area contributed by atoms with Crippen molar-refractivity contribution >= 4 is 5.91 Å². The molecule has 0 bridgehead atoms. The molecule has 110 valence electrons. The lowest BCUT2D eigenvalue weighted by Crippen LogP contribution is -2.42. The maximum absolute atomic E-state index is 12.1. The minimum Gasteiger partial charge on any atom is -0.379 e. The van der Waals surface area contributed by atoms with E-state index in [1.165, 1.54) is 5.56 Å². The van der Waals surface area contributed by atoms with E-state index in [9.17, 15) is 4.79 Å². The molecule has 0 radical (unpaired) electrons. The van der Waals surface area contributed by atoms with Gasteiger partial charge in [-0.15, -0.1) is 0 Å². The molecule has 1 saturated heterocycles. The number of carbonyl (C=O) groups is 1. The number of amides is 1. The Hall–Kier alpha value is -1.39. The van der Waals surface area contributed by atoms with E-state index < -0.39 is 0 Å². The predicted octanol–water partition coefficient (Wildman–Crippen LogP) is 1.66. The SMILES string of the molecule is CNC1COCC1C(=O)NCc1ccc(C(C)C)cc1. The van der Waals surface area contributed by atoms with Gasteiger partial charge in [0.25, 0.3) is 0 Å². The molecule has 1 aromatic carbocycles. The van der Waals surface area contributed by atoms with Crippen molar-refractivity contribution in [3.8, 4) is 0 Å². The number of ether oxygens (including phenoxy) is 1. The molecular formula is C16H24N2O2. The highest BCUT2D eigenvalue weighted by atomic mass is 16.5. The third-order valence-corrected chi connectivity index (χ3v) is 3.90. The smallest absolute Gasteiger partial charge is 0.227 e. The van der Waals surface area contributed by atoms with Crippen molar-refractivity contribution in [3.05, 3.63) is 35.4 Å². The van der Waals surface area contributed by atoms with Crippen molar-refractivity contribution in [1.82, 2.24) is 10.6 Å². The number of likely N-dealkylation sites (N-methyl/N-ethyl adjacent to an activating group) is 1. The molecule has 1 amide bonds. The monoisotopic (exact) mass is 276 g/mol. The fourth-order valence-corrected chi connectivity index (χ4v) is 2.44. The van der Waals surface area contributed by atoms with Gasteiger partial charge in [-0.05, 0) is 24.1 Å². The molecule has 1 heterocycles. The van der Waals surface area contributed by atoms with Crippen LogP contribution in [0.3, 0.4) is 0 Å². The first kappa shape index (κ1) is 15.0. The Morgan fingerprint density at radius 2 is 2.00 bits per heavy atom. The summed E-state index contributed by atoms with van der Waals surface area (Å²) in [7, 11) is 1.87. The van der Waals surface area contributed by atoms with Crippen LogP contribution in [0.4, 0.5) is 0 Å². The van der Waals surface area contributed by atoms with Crippen molar-refractivity contribution in [1.29, 1.82) is 0 Å². The number of nitrogens with one attached hydrogen (secondary N) is 2. The van der Waals surface area contributed by atoms with E-state index in [4.69, 9.17) is 4.74 Å². The largest absolute Gasteiger partial charge is 0.379 e. The molecule has 2 rings (SSSR count). The normalized spacial score (nSPS) is 22.2. The fraction of sp³-hybridized carbons (Fsp3) is 0.562. The fourth-order valence-electron chi connectivity index (χ4n) is 2.44. The van der Waals surface area contributed by atoms with Gasteiger partial charge in [-0.2, -0.15) is 0 Å². The highest BCUT2D eigenvalue weighted by Gasteiger charge is 2.32. The van der Waals surface area contributed by atoms with Crippen LogP contribution in [-0.2, 0) is 16.1 Å². The van der Waals surface area contributed by atoms with E-state index in [1.807, 2.05) is 7.05 Å². The van der Waals surface area contributed by atoms with E-state index >= 15 is 0 Å². The second-order valence-corrected chi connectivity index (χ2v) is 5.65. The summed E-state index contributed by atoms with van der Waals surface area (Å²) in [4.78, 5) is 12.1. The van der Waals surface area contributed by atoms with Crippen LogP contribution in [0.25, 0.3) is 0 Å². The van der Waals surface area contributed by atoms with Crippen LogP contribution in [0, 0.1) is 5.92 Å². The van der Waals surface area contributed by atoms with Crippen LogP contribution >= 0.6 is 0 Å². The molecule has 1 aliphatic rings. The van der Waals surface area contributed by atoms with Crippen LogP contribution in [0.5, 0.6) is 0 Å². The van der Waals surface area contributed by atoms with Gasteiger partial charge >= 0.3 is 0 Å². The van der Waals surface area contributed by atoms with Crippen LogP contribution in [0.15, 0.2) is 24.3 Å².